The summed E-state index contributed by atoms with van der Waals surface area (Å²) in [6.45, 7) is 1.88. The Kier molecular flexibility index (Phi) is 5.53. The number of pyridine rings is 1. The van der Waals surface area contributed by atoms with Gasteiger partial charge in [0.1, 0.15) is 11.4 Å². The Morgan fingerprint density at radius 1 is 1.09 bits per heavy atom. The summed E-state index contributed by atoms with van der Waals surface area (Å²) in [6.07, 6.45) is 6.29. The number of benzene rings is 2. The lowest BCUT2D eigenvalue weighted by Gasteiger charge is -2.19. The number of nitrogens with two attached hydrogens (primary N) is 1. The summed E-state index contributed by atoms with van der Waals surface area (Å²) >= 11 is 6.50. The van der Waals surface area contributed by atoms with Crippen LogP contribution in [0.1, 0.15) is 31.4 Å². The molecule has 0 spiro atoms. The van der Waals surface area contributed by atoms with Crippen LogP contribution in [-0.2, 0) is 4.79 Å². The number of nitrogens with zero attached hydrogens (tertiary/aromatic N) is 3. The molecule has 172 valence electrons. The number of hydrogen-bond donors (Lipinski definition) is 3. The molecule has 1 aliphatic carbocycles. The normalized spacial score (nSPS) is 15.0. The number of hydrogen-bond acceptors (Lipinski definition) is 6. The number of carbonyl (C=O) groups is 1. The van der Waals surface area contributed by atoms with Crippen molar-refractivity contribution in [3.05, 3.63) is 77.5 Å². The van der Waals surface area contributed by atoms with Gasteiger partial charge in [-0.1, -0.05) is 35.9 Å². The summed E-state index contributed by atoms with van der Waals surface area (Å²) in [4.78, 5) is 24.7. The number of fused-ring (bicyclic) bond motifs is 1. The van der Waals surface area contributed by atoms with E-state index in [0.29, 0.717) is 35.1 Å². The predicted octanol–water partition coefficient (Wildman–Crippen LogP) is 5.09. The zero-order valence-corrected chi connectivity index (χ0v) is 19.1. The summed E-state index contributed by atoms with van der Waals surface area (Å²) in [7, 11) is 0. The molecule has 1 fully saturated rings. The second-order valence-corrected chi connectivity index (χ2v) is 8.87. The molecule has 0 aliphatic heterocycles. The summed E-state index contributed by atoms with van der Waals surface area (Å²) < 4.78 is 14.3. The molecule has 1 atom stereocenters. The van der Waals surface area contributed by atoms with Gasteiger partial charge in [-0.05, 0) is 43.5 Å². The van der Waals surface area contributed by atoms with Gasteiger partial charge >= 0.3 is 0 Å². The Hall–Kier alpha value is -3.78. The minimum Gasteiger partial charge on any atom is -0.377 e. The first-order chi connectivity index (χ1) is 16.4. The van der Waals surface area contributed by atoms with Crippen LogP contribution < -0.4 is 16.4 Å². The zero-order valence-electron chi connectivity index (χ0n) is 18.3. The van der Waals surface area contributed by atoms with E-state index in [9.17, 15) is 9.18 Å². The first kappa shape index (κ1) is 22.0. The van der Waals surface area contributed by atoms with Gasteiger partial charge in [-0.25, -0.2) is 14.4 Å². The largest absolute Gasteiger partial charge is 0.377 e. The van der Waals surface area contributed by atoms with Gasteiger partial charge in [0.2, 0.25) is 11.9 Å². The van der Waals surface area contributed by atoms with Gasteiger partial charge in [0, 0.05) is 35.1 Å². The second kappa shape index (κ2) is 8.53. The third-order valence-corrected chi connectivity index (χ3v) is 6.40. The highest BCUT2D eigenvalue weighted by Gasteiger charge is 2.49. The summed E-state index contributed by atoms with van der Waals surface area (Å²) in [5.74, 6) is -0.330. The van der Waals surface area contributed by atoms with E-state index in [1.54, 1.807) is 36.8 Å². The van der Waals surface area contributed by atoms with Crippen LogP contribution in [0.2, 0.25) is 5.02 Å². The highest BCUT2D eigenvalue weighted by Crippen LogP contribution is 2.38. The van der Waals surface area contributed by atoms with E-state index < -0.39 is 11.4 Å². The molecule has 9 heteroatoms. The Morgan fingerprint density at radius 2 is 1.82 bits per heavy atom. The molecule has 4 aromatic rings. The molecular weight excluding hydrogens is 455 g/mol. The Labute approximate surface area is 200 Å². The van der Waals surface area contributed by atoms with E-state index in [-0.39, 0.29) is 11.9 Å². The van der Waals surface area contributed by atoms with Crippen molar-refractivity contribution in [2.75, 3.05) is 10.6 Å². The molecule has 7 nitrogen and oxygen atoms in total. The maximum absolute atomic E-state index is 14.3. The lowest BCUT2D eigenvalue weighted by molar-refractivity contribution is -0.119. The fourth-order valence-electron chi connectivity index (χ4n) is 3.93. The van der Waals surface area contributed by atoms with Crippen molar-refractivity contribution < 1.29 is 9.18 Å². The maximum Gasteiger partial charge on any atom is 0.243 e. The molecule has 2 heterocycles. The third-order valence-electron chi connectivity index (χ3n) is 6.11. The zero-order chi connectivity index (χ0) is 23.9. The number of halogens is 2. The van der Waals surface area contributed by atoms with Crippen molar-refractivity contribution in [3.63, 3.8) is 0 Å². The molecular formula is C25H22ClFN6O. The molecule has 1 saturated carbocycles. The van der Waals surface area contributed by atoms with E-state index in [1.165, 1.54) is 6.07 Å². The average Bonchev–Trinajstić information content (AvgIpc) is 3.62. The number of amides is 1. The third kappa shape index (κ3) is 4.12. The van der Waals surface area contributed by atoms with Crippen LogP contribution in [0.4, 0.5) is 16.0 Å². The van der Waals surface area contributed by atoms with Crippen LogP contribution in [0.15, 0.2) is 61.1 Å². The fourth-order valence-corrected chi connectivity index (χ4v) is 4.13. The van der Waals surface area contributed by atoms with E-state index in [1.807, 2.05) is 25.1 Å². The Morgan fingerprint density at radius 3 is 2.50 bits per heavy atom. The molecule has 0 unspecified atom stereocenters. The fraction of sp³-hybridized carbons (Fsp3) is 0.200. The van der Waals surface area contributed by atoms with Crippen LogP contribution in [-0.4, -0.2) is 26.4 Å². The standard InChI is InChI=1S/C25H22ClFN6O/c1-14(17-4-2-3-5-20(17)27)32-22-18-10-15(6-7-21(18)29-13-19(22)26)16-11-30-24(31-12-16)33-25(8-9-25)23(28)34/h2-7,10-14H,8-9H2,1H3,(H2,28,34)(H,29,32)(H,30,31,33)/t14-/m1/s1. The number of nitrogens with one attached hydrogen (secondary N) is 2. The van der Waals surface area contributed by atoms with E-state index in [0.717, 1.165) is 22.0 Å². The Bertz CT molecular complexity index is 1390. The number of aromatic nitrogens is 3. The summed E-state index contributed by atoms with van der Waals surface area (Å²) in [5, 5.41) is 7.60. The average molecular weight is 477 g/mol. The monoisotopic (exact) mass is 476 g/mol. The van der Waals surface area contributed by atoms with Crippen molar-refractivity contribution >= 4 is 40.0 Å². The lowest BCUT2D eigenvalue weighted by Crippen LogP contribution is -2.38. The molecule has 1 aliphatic rings. The molecule has 5 rings (SSSR count). The van der Waals surface area contributed by atoms with Crippen molar-refractivity contribution in [3.8, 4) is 11.1 Å². The van der Waals surface area contributed by atoms with Crippen LogP contribution in [0, 0.1) is 5.82 Å². The molecule has 0 saturated heterocycles. The van der Waals surface area contributed by atoms with Crippen molar-refractivity contribution in [2.24, 2.45) is 5.73 Å². The number of rotatable bonds is 7. The van der Waals surface area contributed by atoms with E-state index in [4.69, 9.17) is 17.3 Å². The van der Waals surface area contributed by atoms with Gasteiger partial charge in [0.25, 0.3) is 0 Å². The first-order valence-corrected chi connectivity index (χ1v) is 11.2. The number of carbonyl (C=O) groups excluding carboxylic acids is 1. The van der Waals surface area contributed by atoms with Crippen LogP contribution in [0.3, 0.4) is 0 Å². The van der Waals surface area contributed by atoms with Gasteiger partial charge < -0.3 is 16.4 Å². The van der Waals surface area contributed by atoms with Gasteiger partial charge in [-0.3, -0.25) is 9.78 Å². The SMILES string of the molecule is C[C@@H](Nc1c(Cl)cnc2ccc(-c3cnc(NC4(C(N)=O)CC4)nc3)cc12)c1ccccc1F. The lowest BCUT2D eigenvalue weighted by atomic mass is 10.0. The molecule has 0 bridgehead atoms. The van der Waals surface area contributed by atoms with Gasteiger partial charge in [0.05, 0.1) is 22.3 Å². The topological polar surface area (TPSA) is 106 Å². The van der Waals surface area contributed by atoms with Crippen LogP contribution in [0.25, 0.3) is 22.0 Å². The highest BCUT2D eigenvalue weighted by molar-refractivity contribution is 6.34. The minimum absolute atomic E-state index is 0.284. The smallest absolute Gasteiger partial charge is 0.243 e. The van der Waals surface area contributed by atoms with E-state index in [2.05, 4.69) is 25.6 Å². The molecule has 1 amide bonds. The quantitative estimate of drug-likeness (QED) is 0.343. The van der Waals surface area contributed by atoms with E-state index >= 15 is 0 Å². The molecule has 0 radical (unpaired) electrons. The van der Waals surface area contributed by atoms with Gasteiger partial charge in [0.15, 0.2) is 0 Å². The summed E-state index contributed by atoms with van der Waals surface area (Å²) in [6, 6.07) is 12.1. The van der Waals surface area contributed by atoms with Crippen LogP contribution in [0.5, 0.6) is 0 Å². The summed E-state index contributed by atoms with van der Waals surface area (Å²) in [5.41, 5.74) is 8.32. The number of anilines is 2. The Balaban J connectivity index is 1.46. The van der Waals surface area contributed by atoms with Crippen LogP contribution >= 0.6 is 11.6 Å². The maximum atomic E-state index is 14.3. The highest BCUT2D eigenvalue weighted by atomic mass is 35.5. The first-order valence-electron chi connectivity index (χ1n) is 10.9. The van der Waals surface area contributed by atoms with Gasteiger partial charge in [-0.15, -0.1) is 0 Å². The van der Waals surface area contributed by atoms with Crippen molar-refractivity contribution in [1.82, 2.24) is 15.0 Å². The molecule has 34 heavy (non-hydrogen) atoms. The van der Waals surface area contributed by atoms with Gasteiger partial charge in [-0.2, -0.15) is 0 Å². The van der Waals surface area contributed by atoms with Crippen molar-refractivity contribution in [2.45, 2.75) is 31.3 Å². The molecule has 2 aromatic heterocycles. The second-order valence-electron chi connectivity index (χ2n) is 8.47. The van der Waals surface area contributed by atoms with Crippen molar-refractivity contribution in [1.29, 1.82) is 0 Å². The minimum atomic E-state index is -0.734. The molecule has 4 N–H and O–H groups in total. The molecule has 2 aromatic carbocycles. The predicted molar refractivity (Wildman–Crippen MR) is 131 cm³/mol. The number of primary amides is 1.